The summed E-state index contributed by atoms with van der Waals surface area (Å²) < 4.78 is 19.2. The minimum atomic E-state index is -0.591. The Balaban J connectivity index is 1.64. The number of hydrogen-bond acceptors (Lipinski definition) is 3. The number of amides is 1. The molecule has 1 atom stereocenters. The Morgan fingerprint density at radius 3 is 2.47 bits per heavy atom. The SMILES string of the molecule is O=C(NC(c1cccc(F)c1)c1cccc(Cl)c1)c1cnoc1Cc1ccccc1. The maximum atomic E-state index is 13.9. The fourth-order valence-corrected chi connectivity index (χ4v) is 3.50. The Bertz CT molecular complexity index is 1120. The highest BCUT2D eigenvalue weighted by Gasteiger charge is 2.22. The monoisotopic (exact) mass is 420 g/mol. The van der Waals surface area contributed by atoms with Gasteiger partial charge in [0.1, 0.15) is 11.4 Å². The maximum Gasteiger partial charge on any atom is 0.257 e. The fourth-order valence-electron chi connectivity index (χ4n) is 3.30. The Labute approximate surface area is 178 Å². The van der Waals surface area contributed by atoms with Crippen LogP contribution in [0.4, 0.5) is 4.39 Å². The Morgan fingerprint density at radius 2 is 1.73 bits per heavy atom. The molecular weight excluding hydrogens is 403 g/mol. The molecule has 3 aromatic carbocycles. The molecule has 150 valence electrons. The van der Waals surface area contributed by atoms with Crippen molar-refractivity contribution in [3.8, 4) is 0 Å². The average Bonchev–Trinajstić information content (AvgIpc) is 3.21. The van der Waals surface area contributed by atoms with E-state index in [-0.39, 0.29) is 11.7 Å². The van der Waals surface area contributed by atoms with Crippen LogP contribution in [0.25, 0.3) is 0 Å². The molecule has 1 amide bonds. The third kappa shape index (κ3) is 4.58. The smallest absolute Gasteiger partial charge is 0.257 e. The molecular formula is C24H18ClFN2O2. The summed E-state index contributed by atoms with van der Waals surface area (Å²) in [5.74, 6) is -0.289. The molecule has 4 rings (SSSR count). The largest absolute Gasteiger partial charge is 0.360 e. The molecule has 1 aromatic heterocycles. The first-order valence-electron chi connectivity index (χ1n) is 9.39. The standard InChI is InChI=1S/C24H18ClFN2O2/c25-19-10-4-8-17(13-19)23(18-9-5-11-20(26)14-18)28-24(29)21-15-27-30-22(21)12-16-6-2-1-3-7-16/h1-11,13-15,23H,12H2,(H,28,29). The topological polar surface area (TPSA) is 55.1 Å². The number of carbonyl (C=O) groups excluding carboxylic acids is 1. The number of nitrogens with zero attached hydrogens (tertiary/aromatic N) is 1. The van der Waals surface area contributed by atoms with Gasteiger partial charge >= 0.3 is 0 Å². The minimum absolute atomic E-state index is 0.335. The molecule has 4 nitrogen and oxygen atoms in total. The molecule has 0 aliphatic heterocycles. The quantitative estimate of drug-likeness (QED) is 0.443. The van der Waals surface area contributed by atoms with Crippen molar-refractivity contribution in [2.75, 3.05) is 0 Å². The summed E-state index contributed by atoms with van der Waals surface area (Å²) in [6.45, 7) is 0. The van der Waals surface area contributed by atoms with Crippen molar-refractivity contribution in [3.05, 3.63) is 124 Å². The summed E-state index contributed by atoms with van der Waals surface area (Å²) >= 11 is 6.15. The van der Waals surface area contributed by atoms with Crippen molar-refractivity contribution in [2.24, 2.45) is 0 Å². The zero-order chi connectivity index (χ0) is 20.9. The highest BCUT2D eigenvalue weighted by atomic mass is 35.5. The molecule has 30 heavy (non-hydrogen) atoms. The second-order valence-corrected chi connectivity index (χ2v) is 7.28. The van der Waals surface area contributed by atoms with E-state index in [1.807, 2.05) is 36.4 Å². The van der Waals surface area contributed by atoms with Gasteiger partial charge in [-0.2, -0.15) is 0 Å². The Morgan fingerprint density at radius 1 is 1.00 bits per heavy atom. The van der Waals surface area contributed by atoms with Crippen molar-refractivity contribution >= 4 is 17.5 Å². The van der Waals surface area contributed by atoms with E-state index in [1.165, 1.54) is 18.3 Å². The fraction of sp³-hybridized carbons (Fsp3) is 0.0833. The number of hydrogen-bond donors (Lipinski definition) is 1. The number of aromatic nitrogens is 1. The van der Waals surface area contributed by atoms with Gasteiger partial charge in [-0.25, -0.2) is 4.39 Å². The lowest BCUT2D eigenvalue weighted by atomic mass is 9.98. The summed E-state index contributed by atoms with van der Waals surface area (Å²) in [4.78, 5) is 13.1. The van der Waals surface area contributed by atoms with E-state index in [4.69, 9.17) is 16.1 Å². The molecule has 0 radical (unpaired) electrons. The van der Waals surface area contributed by atoms with Gasteiger partial charge in [0.15, 0.2) is 5.76 Å². The van der Waals surface area contributed by atoms with Gasteiger partial charge in [-0.3, -0.25) is 4.79 Å². The van der Waals surface area contributed by atoms with Crippen LogP contribution in [-0.2, 0) is 6.42 Å². The summed E-state index contributed by atoms with van der Waals surface area (Å²) in [7, 11) is 0. The van der Waals surface area contributed by atoms with E-state index >= 15 is 0 Å². The van der Waals surface area contributed by atoms with E-state index in [0.29, 0.717) is 28.3 Å². The first kappa shape index (κ1) is 19.9. The first-order valence-corrected chi connectivity index (χ1v) is 9.77. The van der Waals surface area contributed by atoms with Crippen LogP contribution in [0.2, 0.25) is 5.02 Å². The van der Waals surface area contributed by atoms with E-state index < -0.39 is 6.04 Å². The highest BCUT2D eigenvalue weighted by Crippen LogP contribution is 2.26. The van der Waals surface area contributed by atoms with Crippen molar-refractivity contribution in [2.45, 2.75) is 12.5 Å². The lowest BCUT2D eigenvalue weighted by molar-refractivity contribution is 0.0941. The van der Waals surface area contributed by atoms with E-state index in [9.17, 15) is 9.18 Å². The normalized spacial score (nSPS) is 11.8. The summed E-state index contributed by atoms with van der Waals surface area (Å²) in [5, 5.41) is 7.30. The van der Waals surface area contributed by atoms with Gasteiger partial charge in [0.25, 0.3) is 5.91 Å². The van der Waals surface area contributed by atoms with Crippen LogP contribution < -0.4 is 5.32 Å². The second-order valence-electron chi connectivity index (χ2n) is 6.84. The maximum absolute atomic E-state index is 13.9. The van der Waals surface area contributed by atoms with Gasteiger partial charge in [-0.1, -0.05) is 71.4 Å². The van der Waals surface area contributed by atoms with Crippen LogP contribution in [0.15, 0.2) is 89.6 Å². The molecule has 0 fully saturated rings. The molecule has 0 aliphatic carbocycles. The molecule has 1 heterocycles. The lowest BCUT2D eigenvalue weighted by Crippen LogP contribution is -2.29. The van der Waals surface area contributed by atoms with Gasteiger partial charge in [-0.15, -0.1) is 0 Å². The predicted molar refractivity (Wildman–Crippen MR) is 113 cm³/mol. The number of carbonyl (C=O) groups is 1. The molecule has 1 N–H and O–H groups in total. The molecule has 0 bridgehead atoms. The molecule has 0 aliphatic rings. The number of benzene rings is 3. The minimum Gasteiger partial charge on any atom is -0.360 e. The van der Waals surface area contributed by atoms with Crippen LogP contribution in [0.5, 0.6) is 0 Å². The van der Waals surface area contributed by atoms with E-state index in [2.05, 4.69) is 10.5 Å². The van der Waals surface area contributed by atoms with Gasteiger partial charge < -0.3 is 9.84 Å². The third-order valence-electron chi connectivity index (χ3n) is 4.74. The Kier molecular flexibility index (Phi) is 5.91. The zero-order valence-electron chi connectivity index (χ0n) is 15.9. The van der Waals surface area contributed by atoms with Crippen molar-refractivity contribution in [3.63, 3.8) is 0 Å². The Hall–Kier alpha value is -3.44. The molecule has 6 heteroatoms. The van der Waals surface area contributed by atoms with Gasteiger partial charge in [0.2, 0.25) is 0 Å². The molecule has 0 spiro atoms. The lowest BCUT2D eigenvalue weighted by Gasteiger charge is -2.20. The summed E-state index contributed by atoms with van der Waals surface area (Å²) in [6, 6.07) is 22.3. The van der Waals surface area contributed by atoms with Crippen LogP contribution in [0.3, 0.4) is 0 Å². The van der Waals surface area contributed by atoms with Gasteiger partial charge in [-0.05, 0) is 41.0 Å². The van der Waals surface area contributed by atoms with E-state index in [1.54, 1.807) is 30.3 Å². The van der Waals surface area contributed by atoms with E-state index in [0.717, 1.165) is 11.1 Å². The predicted octanol–water partition coefficient (Wildman–Crippen LogP) is 5.58. The van der Waals surface area contributed by atoms with Crippen LogP contribution >= 0.6 is 11.6 Å². The molecule has 4 aromatic rings. The molecule has 1 unspecified atom stereocenters. The van der Waals surface area contributed by atoms with Crippen molar-refractivity contribution in [1.82, 2.24) is 10.5 Å². The zero-order valence-corrected chi connectivity index (χ0v) is 16.6. The van der Waals surface area contributed by atoms with Crippen molar-refractivity contribution < 1.29 is 13.7 Å². The van der Waals surface area contributed by atoms with Gasteiger partial charge in [0.05, 0.1) is 12.2 Å². The highest BCUT2D eigenvalue weighted by molar-refractivity contribution is 6.30. The summed E-state index contributed by atoms with van der Waals surface area (Å²) in [6.07, 6.45) is 1.83. The number of nitrogens with one attached hydrogen (secondary N) is 1. The number of rotatable bonds is 6. The van der Waals surface area contributed by atoms with Crippen LogP contribution in [-0.4, -0.2) is 11.1 Å². The van der Waals surface area contributed by atoms with Crippen LogP contribution in [0, 0.1) is 5.82 Å². The first-order chi connectivity index (χ1) is 14.6. The molecule has 0 saturated carbocycles. The number of halogens is 2. The van der Waals surface area contributed by atoms with Crippen LogP contribution in [0.1, 0.15) is 38.9 Å². The molecule has 0 saturated heterocycles. The van der Waals surface area contributed by atoms with Crippen molar-refractivity contribution in [1.29, 1.82) is 0 Å². The van der Waals surface area contributed by atoms with Gasteiger partial charge in [0, 0.05) is 11.4 Å². The average molecular weight is 421 g/mol. The third-order valence-corrected chi connectivity index (χ3v) is 4.97. The second kappa shape index (κ2) is 8.93. The summed E-state index contributed by atoms with van der Waals surface area (Å²) in [5.41, 5.74) is 2.68.